The van der Waals surface area contributed by atoms with Crippen LogP contribution in [0.5, 0.6) is 0 Å². The number of aryl methyl sites for hydroxylation is 1. The minimum atomic E-state index is -0.321. The van der Waals surface area contributed by atoms with E-state index in [-0.39, 0.29) is 11.9 Å². The van der Waals surface area contributed by atoms with Crippen LogP contribution in [0.1, 0.15) is 30.5 Å². The molecule has 0 bridgehead atoms. The molecule has 1 nitrogen and oxygen atoms in total. The molecule has 0 heterocycles. The van der Waals surface area contributed by atoms with Crippen LogP contribution in [-0.4, -0.2) is 0 Å². The fourth-order valence-electron chi connectivity index (χ4n) is 1.51. The van der Waals surface area contributed by atoms with E-state index in [2.05, 4.69) is 22.5 Å². The van der Waals surface area contributed by atoms with Crippen molar-refractivity contribution in [2.45, 2.75) is 26.3 Å². The molecule has 0 aliphatic heterocycles. The van der Waals surface area contributed by atoms with Gasteiger partial charge in [-0.15, -0.1) is 6.58 Å². The van der Waals surface area contributed by atoms with Crippen LogP contribution in [-0.2, 0) is 0 Å². The van der Waals surface area contributed by atoms with Crippen LogP contribution in [0.3, 0.4) is 0 Å². The second kappa shape index (κ2) is 4.90. The van der Waals surface area contributed by atoms with E-state index in [9.17, 15) is 4.39 Å². The molecule has 0 aliphatic carbocycles. The van der Waals surface area contributed by atoms with Crippen LogP contribution in [0.2, 0.25) is 0 Å². The summed E-state index contributed by atoms with van der Waals surface area (Å²) in [5, 5.41) is 0. The van der Waals surface area contributed by atoms with Gasteiger partial charge in [0.2, 0.25) is 0 Å². The summed E-state index contributed by atoms with van der Waals surface area (Å²) in [5.41, 5.74) is 8.02. The average molecular weight is 272 g/mol. The Bertz CT molecular complexity index is 387. The highest BCUT2D eigenvalue weighted by Crippen LogP contribution is 2.26. The Morgan fingerprint density at radius 2 is 2.20 bits per heavy atom. The Kier molecular flexibility index (Phi) is 4.05. The van der Waals surface area contributed by atoms with Gasteiger partial charge in [-0.1, -0.05) is 21.5 Å². The lowest BCUT2D eigenvalue weighted by atomic mass is 9.99. The van der Waals surface area contributed by atoms with Crippen molar-refractivity contribution in [3.8, 4) is 0 Å². The van der Waals surface area contributed by atoms with Crippen molar-refractivity contribution in [1.82, 2.24) is 0 Å². The van der Waals surface area contributed by atoms with Gasteiger partial charge in [0.1, 0.15) is 5.82 Å². The molecule has 0 radical (unpaired) electrons. The van der Waals surface area contributed by atoms with E-state index < -0.39 is 0 Å². The third-order valence-corrected chi connectivity index (χ3v) is 2.67. The fourth-order valence-corrected chi connectivity index (χ4v) is 2.10. The lowest BCUT2D eigenvalue weighted by molar-refractivity contribution is 0.572. The molecule has 0 fully saturated rings. The quantitative estimate of drug-likeness (QED) is 0.831. The SMILES string of the molecule is C=C(C)C[C@H](N)c1cc(Br)cc(C)c1F. The summed E-state index contributed by atoms with van der Waals surface area (Å²) in [6, 6.07) is 3.15. The van der Waals surface area contributed by atoms with Crippen molar-refractivity contribution >= 4 is 15.9 Å². The summed E-state index contributed by atoms with van der Waals surface area (Å²) in [6.45, 7) is 7.41. The molecule has 0 saturated carbocycles. The third-order valence-electron chi connectivity index (χ3n) is 2.22. The number of nitrogens with two attached hydrogens (primary N) is 1. The van der Waals surface area contributed by atoms with E-state index in [1.165, 1.54) is 0 Å². The molecular formula is C12H15BrFN. The smallest absolute Gasteiger partial charge is 0.130 e. The maximum atomic E-state index is 13.8. The topological polar surface area (TPSA) is 26.0 Å². The van der Waals surface area contributed by atoms with Gasteiger partial charge in [0, 0.05) is 16.1 Å². The molecule has 1 aromatic carbocycles. The lowest BCUT2D eigenvalue weighted by Gasteiger charge is -2.14. The molecule has 15 heavy (non-hydrogen) atoms. The molecule has 2 N–H and O–H groups in total. The van der Waals surface area contributed by atoms with Crippen LogP contribution in [0, 0.1) is 12.7 Å². The third kappa shape index (κ3) is 3.14. The summed E-state index contributed by atoms with van der Waals surface area (Å²) in [4.78, 5) is 0. The average Bonchev–Trinajstić information content (AvgIpc) is 2.09. The van der Waals surface area contributed by atoms with Crippen molar-refractivity contribution in [3.63, 3.8) is 0 Å². The van der Waals surface area contributed by atoms with Crippen LogP contribution in [0.15, 0.2) is 28.8 Å². The van der Waals surface area contributed by atoms with E-state index in [1.54, 1.807) is 19.1 Å². The Balaban J connectivity index is 3.07. The molecule has 1 atom stereocenters. The van der Waals surface area contributed by atoms with Gasteiger partial charge in [0.05, 0.1) is 0 Å². The van der Waals surface area contributed by atoms with E-state index in [0.717, 1.165) is 10.0 Å². The van der Waals surface area contributed by atoms with Crippen molar-refractivity contribution in [3.05, 3.63) is 45.7 Å². The number of rotatable bonds is 3. The maximum Gasteiger partial charge on any atom is 0.130 e. The Hall–Kier alpha value is -0.670. The predicted molar refractivity (Wildman–Crippen MR) is 65.2 cm³/mol. The zero-order valence-corrected chi connectivity index (χ0v) is 10.6. The standard InChI is InChI=1S/C12H15BrFN/c1-7(2)4-11(15)10-6-9(13)5-8(3)12(10)14/h5-6,11H,1,4,15H2,2-3H3/t11-/m0/s1. The van der Waals surface area contributed by atoms with Gasteiger partial charge in [-0.2, -0.15) is 0 Å². The normalized spacial score (nSPS) is 12.6. The minimum Gasteiger partial charge on any atom is -0.324 e. The number of halogens is 2. The molecule has 0 spiro atoms. The summed E-state index contributed by atoms with van der Waals surface area (Å²) in [7, 11) is 0. The van der Waals surface area contributed by atoms with Crippen LogP contribution >= 0.6 is 15.9 Å². The molecule has 0 aromatic heterocycles. The van der Waals surface area contributed by atoms with E-state index in [0.29, 0.717) is 17.5 Å². The van der Waals surface area contributed by atoms with Crippen molar-refractivity contribution in [2.75, 3.05) is 0 Å². The largest absolute Gasteiger partial charge is 0.324 e. The van der Waals surface area contributed by atoms with Crippen molar-refractivity contribution in [1.29, 1.82) is 0 Å². The number of hydrogen-bond donors (Lipinski definition) is 1. The monoisotopic (exact) mass is 271 g/mol. The van der Waals surface area contributed by atoms with Gasteiger partial charge in [0.15, 0.2) is 0 Å². The molecule has 1 aromatic rings. The summed E-state index contributed by atoms with van der Waals surface area (Å²) in [6.07, 6.45) is 0.604. The molecule has 0 amide bonds. The van der Waals surface area contributed by atoms with Gasteiger partial charge in [0.25, 0.3) is 0 Å². The Morgan fingerprint density at radius 1 is 1.60 bits per heavy atom. The van der Waals surface area contributed by atoms with Crippen molar-refractivity contribution in [2.24, 2.45) is 5.73 Å². The summed E-state index contributed by atoms with van der Waals surface area (Å²) in [5.74, 6) is -0.216. The fraction of sp³-hybridized carbons (Fsp3) is 0.333. The van der Waals surface area contributed by atoms with E-state index >= 15 is 0 Å². The van der Waals surface area contributed by atoms with Gasteiger partial charge < -0.3 is 5.73 Å². The van der Waals surface area contributed by atoms with Crippen LogP contribution in [0.4, 0.5) is 4.39 Å². The Morgan fingerprint density at radius 3 is 2.73 bits per heavy atom. The highest BCUT2D eigenvalue weighted by molar-refractivity contribution is 9.10. The lowest BCUT2D eigenvalue weighted by Crippen LogP contribution is -2.13. The van der Waals surface area contributed by atoms with Gasteiger partial charge >= 0.3 is 0 Å². The van der Waals surface area contributed by atoms with Gasteiger partial charge in [-0.3, -0.25) is 0 Å². The first-order valence-electron chi connectivity index (χ1n) is 4.77. The first-order valence-corrected chi connectivity index (χ1v) is 5.56. The Labute approximate surface area is 98.3 Å². The molecule has 0 unspecified atom stereocenters. The molecule has 0 aliphatic rings. The predicted octanol–water partition coefficient (Wildman–Crippen LogP) is 3.86. The molecule has 82 valence electrons. The zero-order valence-electron chi connectivity index (χ0n) is 8.98. The zero-order chi connectivity index (χ0) is 11.6. The first-order chi connectivity index (χ1) is 6.91. The van der Waals surface area contributed by atoms with Crippen molar-refractivity contribution < 1.29 is 4.39 Å². The molecular weight excluding hydrogens is 257 g/mol. The second-order valence-electron chi connectivity index (χ2n) is 3.89. The highest BCUT2D eigenvalue weighted by atomic mass is 79.9. The van der Waals surface area contributed by atoms with Crippen LogP contribution < -0.4 is 5.73 Å². The highest BCUT2D eigenvalue weighted by Gasteiger charge is 2.14. The molecule has 0 saturated heterocycles. The van der Waals surface area contributed by atoms with E-state index in [4.69, 9.17) is 5.73 Å². The number of benzene rings is 1. The summed E-state index contributed by atoms with van der Waals surface area (Å²) >= 11 is 3.34. The second-order valence-corrected chi connectivity index (χ2v) is 4.81. The maximum absolute atomic E-state index is 13.8. The molecule has 3 heteroatoms. The van der Waals surface area contributed by atoms with Crippen LogP contribution in [0.25, 0.3) is 0 Å². The molecule has 1 rings (SSSR count). The number of hydrogen-bond acceptors (Lipinski definition) is 1. The summed E-state index contributed by atoms with van der Waals surface area (Å²) < 4.78 is 14.6. The van der Waals surface area contributed by atoms with Gasteiger partial charge in [-0.05, 0) is 38.0 Å². The first kappa shape index (κ1) is 12.4. The minimum absolute atomic E-state index is 0.216. The van der Waals surface area contributed by atoms with E-state index in [1.807, 2.05) is 6.92 Å². The van der Waals surface area contributed by atoms with Gasteiger partial charge in [-0.25, -0.2) is 4.39 Å².